The molecule has 4 aliphatic heterocycles. The van der Waals surface area contributed by atoms with Gasteiger partial charge in [0.2, 0.25) is 0 Å². The summed E-state index contributed by atoms with van der Waals surface area (Å²) in [7, 11) is 0. The summed E-state index contributed by atoms with van der Waals surface area (Å²) in [4.78, 5) is 111. The molecule has 0 aromatic carbocycles. The topological polar surface area (TPSA) is 278 Å². The van der Waals surface area contributed by atoms with Gasteiger partial charge < -0.3 is 78.5 Å². The van der Waals surface area contributed by atoms with E-state index in [1.807, 2.05) is 6.92 Å². The van der Waals surface area contributed by atoms with Crippen LogP contribution in [-0.2, 0) is 19.2 Å². The molecule has 8 aromatic heterocycles. The van der Waals surface area contributed by atoms with E-state index in [1.54, 1.807) is 20.8 Å². The third-order valence-electron chi connectivity index (χ3n) is 16.2. The lowest BCUT2D eigenvalue weighted by molar-refractivity contribution is -0.131. The number of rotatable bonds is 12. The smallest absolute Gasteiger partial charge is 0.302 e. The fourth-order valence-corrected chi connectivity index (χ4v) is 11.2. The van der Waals surface area contributed by atoms with Gasteiger partial charge in [0.05, 0.1) is 51.2 Å². The maximum Gasteiger partial charge on any atom is 0.302 e. The SMILES string of the molecule is [2H]c1nc(N([C@H]2CN(C(=O)C([2H])([2H])[N+]#[C-])CC[C@@]2([2H])C([2H])([2H])[2H])C([2H])([2H])[2H])c2c([2H])c(C)[nH]c2n1.[2H]c1nc(N([C@H]2CN(C(=O)C([2H])([2H])[N+]#[C-])CC[C@@]2([2H])C)C([2H])([2H])[2H])c2c([2H])c(C)[nH]c2n1.[2H]c1nc(N([C@H]2CN(C(=O)C([2H])([2H])[N+]#[C-])CC[C@H]2C([2H])([2H])[2H])C([2H])([2H])[2H])c2c([2H])c(C)[nH]c2n1.[2H]c1nc(N([C@H]2CN(C(=O)C([2H])([2H])[N+]#[C-])CC[C@H]2C)C([2H])([2H])[2H])c2c([2H])c(C)[nH]c2n1. The minimum absolute atomic E-state index is 0.0139. The minimum atomic E-state index is -3.15. The van der Waals surface area contributed by atoms with E-state index in [4.69, 9.17) is 75.6 Å². The number of hydrogen-bond donors (Lipinski definition) is 4. The summed E-state index contributed by atoms with van der Waals surface area (Å²) < 4.78 is 289. The van der Waals surface area contributed by atoms with Crippen molar-refractivity contribution in [2.75, 3.05) is 126 Å². The number of aryl methyl sites for hydroxylation is 4. The van der Waals surface area contributed by atoms with Crippen molar-refractivity contribution in [1.29, 1.82) is 0 Å². The zero-order chi connectivity index (χ0) is 100. The zero-order valence-electron chi connectivity index (χ0n) is 88.5. The largest absolute Gasteiger partial charge is 0.354 e. The summed E-state index contributed by atoms with van der Waals surface area (Å²) in [5, 5.41) is 0.110. The maximum atomic E-state index is 12.7. The molecule has 0 unspecified atom stereocenters. The number of nitrogens with one attached hydrogen (secondary N) is 4. The first kappa shape index (κ1) is 36.4. The number of anilines is 4. The fourth-order valence-electron chi connectivity index (χ4n) is 11.2. The Bertz CT molecular complexity index is 5930. The molecule has 4 amide bonds. The summed E-state index contributed by atoms with van der Waals surface area (Å²) in [6.07, 6.45) is -2.42. The van der Waals surface area contributed by atoms with E-state index >= 15 is 0 Å². The van der Waals surface area contributed by atoms with E-state index < -0.39 is 190 Å². The normalized spacial score (nSPS) is 29.2. The third kappa shape index (κ3) is 15.8. The molecule has 12 rings (SSSR count). The molecular weight excluding hydrogens is 1220 g/mol. The molecule has 504 valence electrons. The molecular formula is C68H88N24O4. The van der Waals surface area contributed by atoms with E-state index in [9.17, 15) is 19.2 Å². The van der Waals surface area contributed by atoms with Crippen molar-refractivity contribution in [2.45, 2.75) is 105 Å². The number of carbonyl (C=O) groups excluding carboxylic acids is 4. The van der Waals surface area contributed by atoms with Gasteiger partial charge in [0.15, 0.2) is 0 Å². The number of carbonyl (C=O) groups is 4. The Labute approximate surface area is 611 Å². The number of hydrogen-bond acceptors (Lipinski definition) is 16. The second-order valence-corrected chi connectivity index (χ2v) is 22.6. The molecule has 0 saturated carbocycles. The molecule has 0 bridgehead atoms. The molecule has 0 radical (unpaired) electrons. The molecule has 28 nitrogen and oxygen atoms in total. The van der Waals surface area contributed by atoms with E-state index in [-0.39, 0.29) is 143 Å². The second-order valence-electron chi connectivity index (χ2n) is 22.6. The Kier molecular flexibility index (Phi) is 11.8. The highest BCUT2D eigenvalue weighted by Gasteiger charge is 2.38. The molecule has 96 heavy (non-hydrogen) atoms. The lowest BCUT2D eigenvalue weighted by atomic mass is 9.92. The monoisotopic (exact) mass is 1340 g/mol. The van der Waals surface area contributed by atoms with Crippen molar-refractivity contribution in [3.05, 3.63) is 118 Å². The summed E-state index contributed by atoms with van der Waals surface area (Å²) in [6.45, 7) is 6.43. The van der Waals surface area contributed by atoms with Gasteiger partial charge in [-0.2, -0.15) is 0 Å². The Morgan fingerprint density at radius 2 is 0.740 bits per heavy atom. The number of piperidine rings is 4. The van der Waals surface area contributed by atoms with Crippen LogP contribution >= 0.6 is 0 Å². The van der Waals surface area contributed by atoms with E-state index in [2.05, 4.69) is 79.2 Å². The number of fused-ring (bicyclic) bond motifs is 4. The van der Waals surface area contributed by atoms with Crippen LogP contribution in [0.4, 0.5) is 23.3 Å². The van der Waals surface area contributed by atoms with Gasteiger partial charge in [0.1, 0.15) is 87.5 Å². The van der Waals surface area contributed by atoms with Gasteiger partial charge in [-0.1, -0.05) is 27.6 Å². The molecule has 4 N–H and O–H groups in total. The molecule has 4 saturated heterocycles. The molecule has 12 heterocycles. The van der Waals surface area contributed by atoms with Crippen LogP contribution < -0.4 is 19.6 Å². The van der Waals surface area contributed by atoms with Crippen LogP contribution in [0.25, 0.3) is 63.5 Å². The van der Waals surface area contributed by atoms with E-state index in [0.717, 1.165) is 29.4 Å². The van der Waals surface area contributed by atoms with Gasteiger partial charge in [-0.05, 0) is 101 Å². The molecule has 8 atom stereocenters. The van der Waals surface area contributed by atoms with Crippen LogP contribution in [0.15, 0.2) is 49.4 Å². The molecule has 8 aromatic rings. The van der Waals surface area contributed by atoms with Crippen LogP contribution in [0.2, 0.25) is 0 Å². The lowest BCUT2D eigenvalue weighted by Crippen LogP contribution is -2.53. The zero-order valence-corrected chi connectivity index (χ0v) is 52.5. The standard InChI is InChI=1S/4C17H22N6O/c4*1-11-5-6-23(15(24)8-18-3)9-14(11)22(4)17-13-7-12(2)21-16(13)19-10-20-17/h4*7,10-11,14H,5-6,8-9H2,1-2,4H3,(H,19,20,21)/t4*11-,14+/m1111/s1/i1D3,4D3,7D,8D2,10D,11D;4D3,7D,8D2,10D,11D;1D3,4D3,7D,8D2,10D;4D3,7D,8D2,10D. The average Bonchev–Trinajstić information content (AvgIpc) is 1.96. The average molecular weight is 1340 g/mol. The Morgan fingerprint density at radius 1 is 0.458 bits per heavy atom. The molecule has 0 spiro atoms. The Hall–Kier alpha value is -10.5. The Balaban J connectivity index is 0.000000198. The van der Waals surface area contributed by atoms with Gasteiger partial charge in [-0.25, -0.2) is 66.2 Å². The minimum Gasteiger partial charge on any atom is -0.354 e. The third-order valence-corrected chi connectivity index (χ3v) is 16.2. The fraction of sp³-hybridized carbons (Fsp3) is 0.529. The van der Waals surface area contributed by atoms with Crippen LogP contribution in [0.1, 0.15) is 125 Å². The number of aromatic amines is 4. The first-order chi connectivity index (χ1) is 60.2. The van der Waals surface area contributed by atoms with Crippen LogP contribution in [0, 0.1) is 77.6 Å². The predicted molar refractivity (Wildman–Crippen MR) is 371 cm³/mol. The number of nitrogens with zero attached hydrogens (tertiary/aromatic N) is 20. The van der Waals surface area contributed by atoms with Crippen LogP contribution in [0.5, 0.6) is 0 Å². The van der Waals surface area contributed by atoms with Crippen LogP contribution in [-0.4, -0.2) is 233 Å². The van der Waals surface area contributed by atoms with Crippen molar-refractivity contribution in [2.24, 2.45) is 23.6 Å². The number of aromatic nitrogens is 12. The first-order valence-corrected chi connectivity index (χ1v) is 29.4. The van der Waals surface area contributed by atoms with E-state index in [0.29, 0.717) is 33.3 Å². The molecule has 4 fully saturated rings. The van der Waals surface area contributed by atoms with Crippen molar-refractivity contribution < 1.29 is 68.5 Å². The maximum absolute atomic E-state index is 12.7. The summed E-state index contributed by atoms with van der Waals surface area (Å²) in [5.41, 5.74) is 1.74. The highest BCUT2D eigenvalue weighted by atomic mass is 16.2. The molecule has 0 aliphatic carbocycles. The highest BCUT2D eigenvalue weighted by Crippen LogP contribution is 2.34. The number of likely N-dealkylation sites (N-methyl/N-ethyl adjacent to an activating group) is 4. The highest BCUT2D eigenvalue weighted by molar-refractivity contribution is 5.91. The van der Waals surface area contributed by atoms with Gasteiger partial charge in [-0.15, -0.1) is 0 Å². The van der Waals surface area contributed by atoms with Crippen molar-refractivity contribution >= 4 is 91.0 Å². The number of H-pyrrole nitrogens is 4. The lowest BCUT2D eigenvalue weighted by Gasteiger charge is -2.41. The van der Waals surface area contributed by atoms with Gasteiger partial charge in [0, 0.05) is 130 Å². The summed E-state index contributed by atoms with van der Waals surface area (Å²) in [5.74, 6) is -11.1. The second kappa shape index (κ2) is 31.2. The molecule has 4 aliphatic rings. The quantitative estimate of drug-likeness (QED) is 0.0865. The van der Waals surface area contributed by atoms with Gasteiger partial charge in [-0.3, -0.25) is 19.2 Å². The summed E-state index contributed by atoms with van der Waals surface area (Å²) in [6, 6.07) is -5.57. The number of amides is 4. The van der Waals surface area contributed by atoms with Gasteiger partial charge >= 0.3 is 23.6 Å². The van der Waals surface area contributed by atoms with Crippen LogP contribution in [0.3, 0.4) is 0 Å². The number of likely N-dealkylation sites (tertiary alicyclic amines) is 4. The molecule has 28 heteroatoms. The van der Waals surface area contributed by atoms with Crippen molar-refractivity contribution in [3.8, 4) is 0 Å². The van der Waals surface area contributed by atoms with Crippen molar-refractivity contribution in [1.82, 2.24) is 79.4 Å². The van der Waals surface area contributed by atoms with Gasteiger partial charge in [0.25, 0.3) is 26.0 Å². The Morgan fingerprint density at radius 3 is 1.05 bits per heavy atom. The predicted octanol–water partition coefficient (Wildman–Crippen LogP) is 7.44. The first-order valence-electron chi connectivity index (χ1n) is 47.4. The summed E-state index contributed by atoms with van der Waals surface area (Å²) >= 11 is 0. The van der Waals surface area contributed by atoms with Crippen molar-refractivity contribution in [3.63, 3.8) is 0 Å². The van der Waals surface area contributed by atoms with E-state index in [1.165, 1.54) is 13.8 Å².